The molecule has 8 aromatic rings. The molecule has 0 N–H and O–H groups in total. The molecule has 6 aromatic carbocycles. The highest BCUT2D eigenvalue weighted by atomic mass is 15.1. The van der Waals surface area contributed by atoms with Crippen LogP contribution in [0.5, 0.6) is 0 Å². The molecule has 0 aliphatic heterocycles. The van der Waals surface area contributed by atoms with Gasteiger partial charge in [-0.3, -0.25) is 9.13 Å². The summed E-state index contributed by atoms with van der Waals surface area (Å²) in [6.07, 6.45) is 9.81. The van der Waals surface area contributed by atoms with Crippen molar-refractivity contribution < 1.29 is 0 Å². The molecule has 49 heavy (non-hydrogen) atoms. The lowest BCUT2D eigenvalue weighted by atomic mass is 9.99. The average molecular weight is 629 g/mol. The number of fused-ring (bicyclic) bond motifs is 2. The molecule has 232 valence electrons. The first-order chi connectivity index (χ1) is 24.3. The average Bonchev–Trinajstić information content (AvgIpc) is 3.66. The van der Waals surface area contributed by atoms with E-state index in [9.17, 15) is 0 Å². The van der Waals surface area contributed by atoms with Gasteiger partial charge in [0.2, 0.25) is 0 Å². The Labute approximate surface area is 285 Å². The monoisotopic (exact) mass is 628 g/mol. The zero-order valence-electron chi connectivity index (χ0n) is 26.8. The number of allylic oxidation sites excluding steroid dienone is 6. The van der Waals surface area contributed by atoms with Gasteiger partial charge in [-0.1, -0.05) is 133 Å². The van der Waals surface area contributed by atoms with Crippen LogP contribution in [0, 0.1) is 0 Å². The topological polar surface area (TPSA) is 35.6 Å². The first-order valence-electron chi connectivity index (χ1n) is 16.7. The normalized spacial score (nSPS) is 13.0. The fourth-order valence-corrected chi connectivity index (χ4v) is 6.79. The molecular formula is C45H32N4. The molecule has 1 aliphatic rings. The van der Waals surface area contributed by atoms with E-state index in [0.717, 1.165) is 62.6 Å². The minimum absolute atomic E-state index is 0.826. The first-order valence-corrected chi connectivity index (χ1v) is 16.7. The van der Waals surface area contributed by atoms with Crippen LogP contribution in [0.15, 0.2) is 182 Å². The van der Waals surface area contributed by atoms with Gasteiger partial charge in [0.15, 0.2) is 0 Å². The van der Waals surface area contributed by atoms with Crippen molar-refractivity contribution in [2.75, 3.05) is 0 Å². The lowest BCUT2D eigenvalue weighted by Gasteiger charge is -2.10. The maximum Gasteiger partial charge on any atom is 0.145 e. The molecular weight excluding hydrogens is 597 g/mol. The van der Waals surface area contributed by atoms with E-state index in [4.69, 9.17) is 9.97 Å². The number of aromatic nitrogens is 4. The summed E-state index contributed by atoms with van der Waals surface area (Å²) in [4.78, 5) is 10.1. The standard InChI is InChI=1S/C45H32N4/c1-3-14-38(15-4-1)48-42-20-9-7-18-40(42)46-44(48)36-13-11-12-32(26-29-36)33-22-24-34(25-23-33)35-27-30-37(31-28-35)45-47-41-19-8-10-21-43(41)49(45)39-16-5-2-6-17-39/h1-10,12-31H,11H2. The molecule has 0 bridgehead atoms. The highest BCUT2D eigenvalue weighted by Gasteiger charge is 2.17. The van der Waals surface area contributed by atoms with Crippen molar-refractivity contribution >= 4 is 33.2 Å². The molecule has 0 saturated carbocycles. The van der Waals surface area contributed by atoms with Crippen molar-refractivity contribution in [1.82, 2.24) is 19.1 Å². The van der Waals surface area contributed by atoms with Crippen molar-refractivity contribution in [3.8, 4) is 33.9 Å². The second-order valence-corrected chi connectivity index (χ2v) is 12.2. The summed E-state index contributed by atoms with van der Waals surface area (Å²) >= 11 is 0. The summed E-state index contributed by atoms with van der Waals surface area (Å²) in [5.74, 6) is 1.89. The maximum atomic E-state index is 5.07. The number of nitrogens with zero attached hydrogens (tertiary/aromatic N) is 4. The van der Waals surface area contributed by atoms with Crippen LogP contribution in [0.1, 0.15) is 17.8 Å². The summed E-state index contributed by atoms with van der Waals surface area (Å²) in [7, 11) is 0. The van der Waals surface area contributed by atoms with Gasteiger partial charge in [0.1, 0.15) is 11.6 Å². The lowest BCUT2D eigenvalue weighted by Crippen LogP contribution is -1.99. The smallest absolute Gasteiger partial charge is 0.145 e. The van der Waals surface area contributed by atoms with Crippen LogP contribution >= 0.6 is 0 Å². The summed E-state index contributed by atoms with van der Waals surface area (Å²) in [5.41, 5.74) is 13.3. The van der Waals surface area contributed by atoms with Crippen LogP contribution in [-0.4, -0.2) is 19.1 Å². The van der Waals surface area contributed by atoms with Crippen LogP contribution < -0.4 is 0 Å². The lowest BCUT2D eigenvalue weighted by molar-refractivity contribution is 1.05. The molecule has 0 fully saturated rings. The summed E-state index contributed by atoms with van der Waals surface area (Å²) in [6, 6.07) is 55.2. The molecule has 2 aromatic heterocycles. The fraction of sp³-hybridized carbons (Fsp3) is 0.0222. The van der Waals surface area contributed by atoms with E-state index >= 15 is 0 Å². The van der Waals surface area contributed by atoms with E-state index in [1.165, 1.54) is 22.3 Å². The summed E-state index contributed by atoms with van der Waals surface area (Å²) in [6.45, 7) is 0. The Morgan fingerprint density at radius 3 is 1.39 bits per heavy atom. The number of benzene rings is 6. The van der Waals surface area contributed by atoms with E-state index in [1.807, 2.05) is 24.3 Å². The first kappa shape index (κ1) is 28.7. The minimum atomic E-state index is 0.826. The van der Waals surface area contributed by atoms with Gasteiger partial charge in [0.05, 0.1) is 22.1 Å². The molecule has 0 radical (unpaired) electrons. The van der Waals surface area contributed by atoms with Gasteiger partial charge in [-0.2, -0.15) is 0 Å². The second-order valence-electron chi connectivity index (χ2n) is 12.2. The number of imidazole rings is 2. The molecule has 1 aliphatic carbocycles. The number of hydrogen-bond donors (Lipinski definition) is 0. The minimum Gasteiger partial charge on any atom is -0.292 e. The van der Waals surface area contributed by atoms with Gasteiger partial charge in [-0.15, -0.1) is 0 Å². The second kappa shape index (κ2) is 12.3. The summed E-state index contributed by atoms with van der Waals surface area (Å²) in [5, 5.41) is 0. The van der Waals surface area contributed by atoms with Gasteiger partial charge in [-0.05, 0) is 77.2 Å². The Kier molecular flexibility index (Phi) is 7.17. The van der Waals surface area contributed by atoms with Crippen molar-refractivity contribution in [3.63, 3.8) is 0 Å². The Morgan fingerprint density at radius 1 is 0.367 bits per heavy atom. The Hall–Kier alpha value is -6.52. The number of rotatable bonds is 6. The molecule has 2 heterocycles. The third kappa shape index (κ3) is 5.30. The maximum absolute atomic E-state index is 5.07. The quantitative estimate of drug-likeness (QED) is 0.184. The third-order valence-electron chi connectivity index (χ3n) is 9.22. The fourth-order valence-electron chi connectivity index (χ4n) is 6.79. The zero-order chi connectivity index (χ0) is 32.6. The molecule has 0 unspecified atom stereocenters. The van der Waals surface area contributed by atoms with Gasteiger partial charge in [0.25, 0.3) is 0 Å². The van der Waals surface area contributed by atoms with E-state index in [-0.39, 0.29) is 0 Å². The van der Waals surface area contributed by atoms with Crippen molar-refractivity contribution in [2.24, 2.45) is 0 Å². The zero-order valence-corrected chi connectivity index (χ0v) is 26.8. The van der Waals surface area contributed by atoms with Gasteiger partial charge < -0.3 is 0 Å². The van der Waals surface area contributed by atoms with Crippen LogP contribution in [0.2, 0.25) is 0 Å². The molecule has 9 rings (SSSR count). The Morgan fingerprint density at radius 2 is 0.796 bits per heavy atom. The third-order valence-corrected chi connectivity index (χ3v) is 9.22. The van der Waals surface area contributed by atoms with Crippen molar-refractivity contribution in [3.05, 3.63) is 193 Å². The predicted molar refractivity (Wildman–Crippen MR) is 203 cm³/mol. The van der Waals surface area contributed by atoms with Gasteiger partial charge in [0, 0.05) is 22.5 Å². The number of para-hydroxylation sites is 6. The molecule has 0 saturated heterocycles. The largest absolute Gasteiger partial charge is 0.292 e. The van der Waals surface area contributed by atoms with Crippen molar-refractivity contribution in [1.29, 1.82) is 0 Å². The van der Waals surface area contributed by atoms with Crippen LogP contribution in [-0.2, 0) is 0 Å². The number of hydrogen-bond acceptors (Lipinski definition) is 2. The van der Waals surface area contributed by atoms with Crippen molar-refractivity contribution in [2.45, 2.75) is 6.42 Å². The molecule has 4 nitrogen and oxygen atoms in total. The van der Waals surface area contributed by atoms with Crippen LogP contribution in [0.3, 0.4) is 0 Å². The highest BCUT2D eigenvalue weighted by Crippen LogP contribution is 2.33. The van der Waals surface area contributed by atoms with E-state index in [2.05, 4.69) is 167 Å². The van der Waals surface area contributed by atoms with Gasteiger partial charge >= 0.3 is 0 Å². The van der Waals surface area contributed by atoms with Crippen LogP contribution in [0.4, 0.5) is 0 Å². The molecule has 4 heteroatoms. The van der Waals surface area contributed by atoms with E-state index in [0.29, 0.717) is 0 Å². The van der Waals surface area contributed by atoms with Gasteiger partial charge in [-0.25, -0.2) is 9.97 Å². The predicted octanol–water partition coefficient (Wildman–Crippen LogP) is 11.1. The molecule has 0 spiro atoms. The molecule has 0 atom stereocenters. The molecule has 0 amide bonds. The SMILES string of the molecule is C1=CC(c2nc3ccccc3n2-c2ccccc2)=CCC=C1c1ccc(-c2ccc(-c3nc4ccccc4n3-c3ccccc3)cc2)cc1. The Bertz CT molecular complexity index is 2530. The van der Waals surface area contributed by atoms with Crippen LogP contribution in [0.25, 0.3) is 67.1 Å². The summed E-state index contributed by atoms with van der Waals surface area (Å²) < 4.78 is 4.50. The Balaban J connectivity index is 0.979. The van der Waals surface area contributed by atoms with E-state index < -0.39 is 0 Å². The highest BCUT2D eigenvalue weighted by molar-refractivity contribution is 5.88. The van der Waals surface area contributed by atoms with E-state index in [1.54, 1.807) is 0 Å².